The number of hydrogen-bond donors (Lipinski definition) is 2. The monoisotopic (exact) mass is 219 g/mol. The maximum atomic E-state index is 10.4. The van der Waals surface area contributed by atoms with Gasteiger partial charge in [-0.1, -0.05) is 0 Å². The summed E-state index contributed by atoms with van der Waals surface area (Å²) < 4.78 is 0. The molecule has 2 unspecified atom stereocenters. The molecule has 0 spiro atoms. The van der Waals surface area contributed by atoms with Gasteiger partial charge in [0.25, 0.3) is 0 Å². The van der Waals surface area contributed by atoms with Crippen LogP contribution in [-0.4, -0.2) is 23.2 Å². The second kappa shape index (κ2) is 4.99. The Hall–Kier alpha value is -0.280. The number of carboxylic acids is 1. The maximum Gasteiger partial charge on any atom is 0.303 e. The number of carboxylic acid groups (broad SMARTS) is 1. The number of carbonyl (C=O) groups is 1. The van der Waals surface area contributed by atoms with Crippen molar-refractivity contribution >= 4 is 18.4 Å². The van der Waals surface area contributed by atoms with Crippen molar-refractivity contribution in [2.24, 2.45) is 5.92 Å². The smallest absolute Gasteiger partial charge is 0.303 e. The van der Waals surface area contributed by atoms with Crippen molar-refractivity contribution < 1.29 is 9.90 Å². The Kier molecular flexibility index (Phi) is 4.20. The molecule has 0 aliphatic carbocycles. The molecule has 2 atom stereocenters. The molecule has 2 fully saturated rings. The fourth-order valence-corrected chi connectivity index (χ4v) is 2.74. The summed E-state index contributed by atoms with van der Waals surface area (Å²) in [5, 5.41) is 12.1. The molecule has 2 aliphatic rings. The highest BCUT2D eigenvalue weighted by Crippen LogP contribution is 2.33. The zero-order valence-electron chi connectivity index (χ0n) is 8.24. The lowest BCUT2D eigenvalue weighted by Gasteiger charge is -2.28. The fraction of sp³-hybridized carbons (Fsp3) is 0.900. The number of fused-ring (bicyclic) bond motifs is 2. The molecule has 2 N–H and O–H groups in total. The summed E-state index contributed by atoms with van der Waals surface area (Å²) in [4.78, 5) is 10.4. The van der Waals surface area contributed by atoms with E-state index in [0.717, 1.165) is 6.42 Å². The average Bonchev–Trinajstić information content (AvgIpc) is 2.42. The molecule has 14 heavy (non-hydrogen) atoms. The quantitative estimate of drug-likeness (QED) is 0.761. The Bertz CT molecular complexity index is 198. The number of hydrogen-bond acceptors (Lipinski definition) is 2. The molecule has 2 heterocycles. The lowest BCUT2D eigenvalue weighted by Crippen LogP contribution is -2.38. The molecule has 3 nitrogen and oxygen atoms in total. The molecule has 0 aromatic carbocycles. The Morgan fingerprint density at radius 2 is 1.86 bits per heavy atom. The average molecular weight is 220 g/mol. The van der Waals surface area contributed by atoms with Crippen molar-refractivity contribution in [1.29, 1.82) is 0 Å². The summed E-state index contributed by atoms with van der Waals surface area (Å²) in [7, 11) is 0. The zero-order valence-corrected chi connectivity index (χ0v) is 9.05. The maximum absolute atomic E-state index is 10.4. The summed E-state index contributed by atoms with van der Waals surface area (Å²) in [6.45, 7) is 0. The predicted octanol–water partition coefficient (Wildman–Crippen LogP) is 1.80. The molecular formula is C10H18ClNO2. The van der Waals surface area contributed by atoms with Crippen molar-refractivity contribution in [3.05, 3.63) is 0 Å². The summed E-state index contributed by atoms with van der Waals surface area (Å²) in [5.41, 5.74) is 0. The van der Waals surface area contributed by atoms with E-state index in [9.17, 15) is 4.79 Å². The highest BCUT2D eigenvalue weighted by Gasteiger charge is 2.33. The topological polar surface area (TPSA) is 49.3 Å². The van der Waals surface area contributed by atoms with E-state index in [1.165, 1.54) is 25.7 Å². The van der Waals surface area contributed by atoms with E-state index in [4.69, 9.17) is 5.11 Å². The summed E-state index contributed by atoms with van der Waals surface area (Å²) in [6.07, 6.45) is 6.23. The van der Waals surface area contributed by atoms with Gasteiger partial charge in [-0.2, -0.15) is 0 Å². The van der Waals surface area contributed by atoms with Crippen LogP contribution < -0.4 is 5.32 Å². The lowest BCUT2D eigenvalue weighted by molar-refractivity contribution is -0.137. The van der Waals surface area contributed by atoms with Gasteiger partial charge >= 0.3 is 5.97 Å². The third-order valence-electron chi connectivity index (χ3n) is 3.34. The van der Waals surface area contributed by atoms with Crippen molar-refractivity contribution in [1.82, 2.24) is 5.32 Å². The number of halogens is 1. The number of rotatable bonds is 3. The summed E-state index contributed by atoms with van der Waals surface area (Å²) in [5.74, 6) is 0.0146. The van der Waals surface area contributed by atoms with Crippen LogP contribution in [0.2, 0.25) is 0 Å². The van der Waals surface area contributed by atoms with Crippen molar-refractivity contribution in [3.63, 3.8) is 0 Å². The summed E-state index contributed by atoms with van der Waals surface area (Å²) in [6, 6.07) is 1.38. The third kappa shape index (κ3) is 2.85. The molecular weight excluding hydrogens is 202 g/mol. The largest absolute Gasteiger partial charge is 0.481 e. The van der Waals surface area contributed by atoms with Crippen LogP contribution in [0, 0.1) is 5.92 Å². The zero-order chi connectivity index (χ0) is 9.26. The van der Waals surface area contributed by atoms with Gasteiger partial charge < -0.3 is 10.4 Å². The van der Waals surface area contributed by atoms with Gasteiger partial charge in [-0.25, -0.2) is 0 Å². The number of nitrogens with one attached hydrogen (secondary N) is 1. The molecule has 2 aliphatic heterocycles. The Morgan fingerprint density at radius 1 is 1.29 bits per heavy atom. The molecule has 4 heteroatoms. The second-order valence-electron chi connectivity index (χ2n) is 4.41. The van der Waals surface area contributed by atoms with E-state index < -0.39 is 5.97 Å². The molecule has 0 aromatic heterocycles. The molecule has 0 saturated carbocycles. The normalized spacial score (nSPS) is 35.0. The Labute approximate surface area is 90.7 Å². The van der Waals surface area contributed by atoms with Gasteiger partial charge in [0, 0.05) is 18.5 Å². The standard InChI is InChI=1S/C10H17NO2.ClH/c12-10(13)4-1-7-5-8-2-3-9(6-7)11-8;/h7-9,11H,1-6H2,(H,12,13);1H. The van der Waals surface area contributed by atoms with E-state index in [-0.39, 0.29) is 12.4 Å². The minimum absolute atomic E-state index is 0. The van der Waals surface area contributed by atoms with Gasteiger partial charge in [-0.15, -0.1) is 12.4 Å². The molecule has 2 saturated heterocycles. The van der Waals surface area contributed by atoms with E-state index in [2.05, 4.69) is 5.32 Å². The fourth-order valence-electron chi connectivity index (χ4n) is 2.74. The van der Waals surface area contributed by atoms with E-state index in [1.54, 1.807) is 0 Å². The van der Waals surface area contributed by atoms with Gasteiger partial charge in [-0.05, 0) is 38.0 Å². The van der Waals surface area contributed by atoms with Crippen LogP contribution in [0.5, 0.6) is 0 Å². The first kappa shape index (κ1) is 11.8. The number of aliphatic carboxylic acids is 1. The van der Waals surface area contributed by atoms with Gasteiger partial charge in [0.05, 0.1) is 0 Å². The minimum atomic E-state index is -0.647. The van der Waals surface area contributed by atoms with Crippen molar-refractivity contribution in [2.45, 2.75) is 50.6 Å². The van der Waals surface area contributed by atoms with Crippen molar-refractivity contribution in [2.75, 3.05) is 0 Å². The van der Waals surface area contributed by atoms with Crippen LogP contribution in [0.25, 0.3) is 0 Å². The van der Waals surface area contributed by atoms with Crippen LogP contribution in [0.4, 0.5) is 0 Å². The molecule has 0 aromatic rings. The first-order valence-corrected chi connectivity index (χ1v) is 5.22. The second-order valence-corrected chi connectivity index (χ2v) is 4.41. The highest BCUT2D eigenvalue weighted by molar-refractivity contribution is 5.85. The van der Waals surface area contributed by atoms with Gasteiger partial charge in [0.2, 0.25) is 0 Å². The molecule has 82 valence electrons. The van der Waals surface area contributed by atoms with Gasteiger partial charge in [0.1, 0.15) is 0 Å². The third-order valence-corrected chi connectivity index (χ3v) is 3.34. The minimum Gasteiger partial charge on any atom is -0.481 e. The lowest BCUT2D eigenvalue weighted by atomic mass is 9.89. The van der Waals surface area contributed by atoms with Crippen LogP contribution in [0.3, 0.4) is 0 Å². The molecule has 2 bridgehead atoms. The van der Waals surface area contributed by atoms with Crippen molar-refractivity contribution in [3.8, 4) is 0 Å². The molecule has 0 radical (unpaired) electrons. The first-order valence-electron chi connectivity index (χ1n) is 5.22. The first-order chi connectivity index (χ1) is 6.24. The van der Waals surface area contributed by atoms with Crippen LogP contribution >= 0.6 is 12.4 Å². The van der Waals surface area contributed by atoms with E-state index >= 15 is 0 Å². The van der Waals surface area contributed by atoms with Crippen LogP contribution in [0.1, 0.15) is 38.5 Å². The van der Waals surface area contributed by atoms with Gasteiger partial charge in [0.15, 0.2) is 0 Å². The van der Waals surface area contributed by atoms with Gasteiger partial charge in [-0.3, -0.25) is 4.79 Å². The SMILES string of the molecule is Cl.O=C(O)CCC1CC2CCC(C1)N2. The van der Waals surface area contributed by atoms with E-state index in [0.29, 0.717) is 24.4 Å². The molecule has 0 amide bonds. The Morgan fingerprint density at radius 3 is 2.36 bits per heavy atom. The summed E-state index contributed by atoms with van der Waals surface area (Å²) >= 11 is 0. The Balaban J connectivity index is 0.000000980. The predicted molar refractivity (Wildman–Crippen MR) is 56.8 cm³/mol. The number of piperidine rings is 1. The van der Waals surface area contributed by atoms with Crippen LogP contribution in [-0.2, 0) is 4.79 Å². The van der Waals surface area contributed by atoms with E-state index in [1.807, 2.05) is 0 Å². The highest BCUT2D eigenvalue weighted by atomic mass is 35.5. The van der Waals surface area contributed by atoms with Crippen LogP contribution in [0.15, 0.2) is 0 Å². The molecule has 2 rings (SSSR count).